The van der Waals surface area contributed by atoms with Gasteiger partial charge in [-0.1, -0.05) is 15.9 Å². The van der Waals surface area contributed by atoms with E-state index >= 15 is 0 Å². The molecule has 2 N–H and O–H groups in total. The van der Waals surface area contributed by atoms with Crippen LogP contribution in [0.4, 0.5) is 11.4 Å². The minimum absolute atomic E-state index is 0.0497. The summed E-state index contributed by atoms with van der Waals surface area (Å²) in [6.45, 7) is 0.928. The molecule has 0 saturated carbocycles. The first-order chi connectivity index (χ1) is 8.58. The third kappa shape index (κ3) is 3.03. The highest BCUT2D eigenvalue weighted by Gasteiger charge is 2.22. The van der Waals surface area contributed by atoms with Crippen LogP contribution in [0.2, 0.25) is 0 Å². The summed E-state index contributed by atoms with van der Waals surface area (Å²) in [4.78, 5) is 14.1. The van der Waals surface area contributed by atoms with Crippen LogP contribution in [0.5, 0.6) is 0 Å². The van der Waals surface area contributed by atoms with E-state index in [9.17, 15) is 4.79 Å². The fraction of sp³-hybridized carbons (Fsp3) is 0.462. The molecule has 98 valence electrons. The summed E-state index contributed by atoms with van der Waals surface area (Å²) in [6, 6.07) is 5.84. The topological polar surface area (TPSA) is 44.4 Å². The zero-order valence-corrected chi connectivity index (χ0v) is 12.3. The molecule has 1 heterocycles. The molecule has 1 aromatic rings. The number of carbonyl (C=O) groups excluding carboxylic acids is 1. The van der Waals surface area contributed by atoms with E-state index in [1.165, 1.54) is 0 Å². The first-order valence-corrected chi connectivity index (χ1v) is 6.88. The van der Waals surface area contributed by atoms with Crippen LogP contribution in [-0.4, -0.2) is 32.6 Å². The lowest BCUT2D eigenvalue weighted by molar-refractivity contribution is -0.117. The minimum Gasteiger partial charge on any atom is -0.376 e. The maximum Gasteiger partial charge on any atom is 0.241 e. The van der Waals surface area contributed by atoms with Gasteiger partial charge in [0.1, 0.15) is 0 Å². The summed E-state index contributed by atoms with van der Waals surface area (Å²) in [6.07, 6.45) is 1.98. The number of halogens is 1. The van der Waals surface area contributed by atoms with Gasteiger partial charge in [0.25, 0.3) is 0 Å². The fourth-order valence-electron chi connectivity index (χ4n) is 2.13. The molecule has 1 atom stereocenters. The van der Waals surface area contributed by atoms with Gasteiger partial charge in [0, 0.05) is 18.6 Å². The molecule has 0 radical (unpaired) electrons. The van der Waals surface area contributed by atoms with Gasteiger partial charge < -0.3 is 15.5 Å². The Hall–Kier alpha value is -1.07. The summed E-state index contributed by atoms with van der Waals surface area (Å²) in [7, 11) is 3.93. The number of nitrogens with zero attached hydrogens (tertiary/aromatic N) is 1. The Labute approximate surface area is 116 Å². The van der Waals surface area contributed by atoms with E-state index in [1.807, 2.05) is 37.2 Å². The molecular weight excluding hydrogens is 294 g/mol. The van der Waals surface area contributed by atoms with Gasteiger partial charge >= 0.3 is 0 Å². The highest BCUT2D eigenvalue weighted by Crippen LogP contribution is 2.28. The Bertz CT molecular complexity index is 442. The lowest BCUT2D eigenvalue weighted by Gasteiger charge is -2.19. The van der Waals surface area contributed by atoms with Crippen molar-refractivity contribution in [2.75, 3.05) is 30.9 Å². The van der Waals surface area contributed by atoms with Crippen LogP contribution in [0.15, 0.2) is 22.7 Å². The van der Waals surface area contributed by atoms with Crippen molar-refractivity contribution in [2.45, 2.75) is 18.9 Å². The largest absolute Gasteiger partial charge is 0.376 e. The molecule has 1 aliphatic rings. The molecule has 1 saturated heterocycles. The number of anilines is 2. The molecule has 18 heavy (non-hydrogen) atoms. The van der Waals surface area contributed by atoms with Gasteiger partial charge in [-0.05, 0) is 37.6 Å². The van der Waals surface area contributed by atoms with Gasteiger partial charge in [-0.3, -0.25) is 4.79 Å². The minimum atomic E-state index is -0.0565. The third-order valence-corrected chi connectivity index (χ3v) is 3.57. The van der Waals surface area contributed by atoms with E-state index in [2.05, 4.69) is 26.6 Å². The van der Waals surface area contributed by atoms with Crippen molar-refractivity contribution in [1.82, 2.24) is 5.32 Å². The van der Waals surface area contributed by atoms with Gasteiger partial charge in [0.15, 0.2) is 0 Å². The predicted molar refractivity (Wildman–Crippen MR) is 78.1 cm³/mol. The summed E-state index contributed by atoms with van der Waals surface area (Å²) in [5.74, 6) is 0.0497. The smallest absolute Gasteiger partial charge is 0.241 e. The number of nitrogens with one attached hydrogen (secondary N) is 2. The van der Waals surface area contributed by atoms with Crippen LogP contribution >= 0.6 is 15.9 Å². The van der Waals surface area contributed by atoms with Gasteiger partial charge in [-0.2, -0.15) is 0 Å². The van der Waals surface area contributed by atoms with E-state index in [-0.39, 0.29) is 11.9 Å². The third-order valence-electron chi connectivity index (χ3n) is 3.08. The second kappa shape index (κ2) is 5.71. The standard InChI is InChI=1S/C13H18BrN3O/c1-17(2)12-6-5-9(14)8-11(12)16-13(18)10-4-3-7-15-10/h5-6,8,10,15H,3-4,7H2,1-2H3,(H,16,18)/t10-/m0/s1. The van der Waals surface area contributed by atoms with E-state index < -0.39 is 0 Å². The average Bonchev–Trinajstić information content (AvgIpc) is 2.81. The number of hydrogen-bond acceptors (Lipinski definition) is 3. The summed E-state index contributed by atoms with van der Waals surface area (Å²) >= 11 is 3.43. The van der Waals surface area contributed by atoms with Gasteiger partial charge in [-0.25, -0.2) is 0 Å². The molecule has 1 fully saturated rings. The highest BCUT2D eigenvalue weighted by molar-refractivity contribution is 9.10. The quantitative estimate of drug-likeness (QED) is 0.899. The second-order valence-corrected chi connectivity index (χ2v) is 5.61. The molecule has 0 spiro atoms. The van der Waals surface area contributed by atoms with E-state index in [4.69, 9.17) is 0 Å². The number of benzene rings is 1. The van der Waals surface area contributed by atoms with E-state index in [0.29, 0.717) is 0 Å². The zero-order valence-electron chi connectivity index (χ0n) is 10.7. The first-order valence-electron chi connectivity index (χ1n) is 6.09. The van der Waals surface area contributed by atoms with Crippen LogP contribution in [-0.2, 0) is 4.79 Å². The van der Waals surface area contributed by atoms with Crippen LogP contribution in [0.3, 0.4) is 0 Å². The van der Waals surface area contributed by atoms with Gasteiger partial charge in [0.2, 0.25) is 5.91 Å². The Kier molecular flexibility index (Phi) is 4.24. The Morgan fingerprint density at radius 2 is 2.28 bits per heavy atom. The number of amides is 1. The monoisotopic (exact) mass is 311 g/mol. The number of rotatable bonds is 3. The zero-order chi connectivity index (χ0) is 13.1. The van der Waals surface area contributed by atoms with Crippen LogP contribution < -0.4 is 15.5 Å². The highest BCUT2D eigenvalue weighted by atomic mass is 79.9. The normalized spacial score (nSPS) is 18.7. The van der Waals surface area contributed by atoms with Crippen LogP contribution in [0, 0.1) is 0 Å². The van der Waals surface area contributed by atoms with Gasteiger partial charge in [-0.15, -0.1) is 0 Å². The predicted octanol–water partition coefficient (Wildman–Crippen LogP) is 2.21. The molecular formula is C13H18BrN3O. The molecule has 5 heteroatoms. The molecule has 0 aliphatic carbocycles. The van der Waals surface area contributed by atoms with Crippen molar-refractivity contribution in [1.29, 1.82) is 0 Å². The second-order valence-electron chi connectivity index (χ2n) is 4.69. The fourth-order valence-corrected chi connectivity index (χ4v) is 2.49. The molecule has 1 aliphatic heterocycles. The summed E-state index contributed by atoms with van der Waals surface area (Å²) < 4.78 is 0.961. The number of carbonyl (C=O) groups is 1. The van der Waals surface area contributed by atoms with Crippen molar-refractivity contribution < 1.29 is 4.79 Å². The molecule has 1 amide bonds. The van der Waals surface area contributed by atoms with E-state index in [1.54, 1.807) is 0 Å². The Morgan fingerprint density at radius 3 is 2.89 bits per heavy atom. The van der Waals surface area contributed by atoms with Gasteiger partial charge in [0.05, 0.1) is 17.4 Å². The van der Waals surface area contributed by atoms with Crippen molar-refractivity contribution in [3.8, 4) is 0 Å². The lowest BCUT2D eigenvalue weighted by Crippen LogP contribution is -2.35. The SMILES string of the molecule is CN(C)c1ccc(Br)cc1NC(=O)[C@@H]1CCCN1. The maximum atomic E-state index is 12.1. The summed E-state index contributed by atoms with van der Waals surface area (Å²) in [5.41, 5.74) is 1.85. The van der Waals surface area contributed by atoms with Crippen LogP contribution in [0.1, 0.15) is 12.8 Å². The van der Waals surface area contributed by atoms with Crippen molar-refractivity contribution >= 4 is 33.2 Å². The maximum absolute atomic E-state index is 12.1. The average molecular weight is 312 g/mol. The summed E-state index contributed by atoms with van der Waals surface area (Å²) in [5, 5.41) is 6.20. The lowest BCUT2D eigenvalue weighted by atomic mass is 10.2. The first kappa shape index (κ1) is 13.4. The molecule has 1 aromatic carbocycles. The number of hydrogen-bond donors (Lipinski definition) is 2. The molecule has 0 aromatic heterocycles. The van der Waals surface area contributed by atoms with Crippen molar-refractivity contribution in [3.05, 3.63) is 22.7 Å². The van der Waals surface area contributed by atoms with Crippen molar-refractivity contribution in [2.24, 2.45) is 0 Å². The Morgan fingerprint density at radius 1 is 1.50 bits per heavy atom. The molecule has 0 unspecified atom stereocenters. The molecule has 0 bridgehead atoms. The van der Waals surface area contributed by atoms with Crippen LogP contribution in [0.25, 0.3) is 0 Å². The Balaban J connectivity index is 2.16. The molecule has 2 rings (SSSR count). The van der Waals surface area contributed by atoms with Crippen molar-refractivity contribution in [3.63, 3.8) is 0 Å². The molecule has 4 nitrogen and oxygen atoms in total. The van der Waals surface area contributed by atoms with E-state index in [0.717, 1.165) is 35.2 Å².